The number of hydrogen-bond donors (Lipinski definition) is 4. The maximum Gasteiger partial charge on any atom is 0.243 e. The Morgan fingerprint density at radius 3 is 2.08 bits per heavy atom. The molecular weight excluding hydrogens is 490 g/mol. The molecule has 3 rings (SSSR count). The number of benzene rings is 2. The summed E-state index contributed by atoms with van der Waals surface area (Å²) in [5.41, 5.74) is 0.672. The van der Waals surface area contributed by atoms with Gasteiger partial charge in [0.05, 0.1) is 26.4 Å². The highest BCUT2D eigenvalue weighted by Crippen LogP contribution is 2.29. The van der Waals surface area contributed by atoms with Gasteiger partial charge in [-0.3, -0.25) is 19.2 Å². The van der Waals surface area contributed by atoms with Crippen LogP contribution < -0.4 is 20.7 Å². The van der Waals surface area contributed by atoms with Crippen molar-refractivity contribution in [3.63, 3.8) is 0 Å². The van der Waals surface area contributed by atoms with Crippen molar-refractivity contribution < 1.29 is 33.8 Å². The van der Waals surface area contributed by atoms with Crippen LogP contribution in [0.1, 0.15) is 31.4 Å². The van der Waals surface area contributed by atoms with Crippen molar-refractivity contribution in [2.75, 3.05) is 20.3 Å². The monoisotopic (exact) mass is 525 g/mol. The van der Waals surface area contributed by atoms with Crippen molar-refractivity contribution in [2.45, 2.75) is 56.8 Å². The predicted molar refractivity (Wildman–Crippen MR) is 139 cm³/mol. The summed E-state index contributed by atoms with van der Waals surface area (Å²) in [6.45, 7) is 3.11. The van der Waals surface area contributed by atoms with Gasteiger partial charge >= 0.3 is 0 Å². The van der Waals surface area contributed by atoms with Gasteiger partial charge in [-0.2, -0.15) is 0 Å². The first kappa shape index (κ1) is 28.8. The quantitative estimate of drug-likeness (QED) is 0.266. The van der Waals surface area contributed by atoms with Gasteiger partial charge in [-0.1, -0.05) is 42.5 Å². The van der Waals surface area contributed by atoms with E-state index in [0.29, 0.717) is 5.75 Å². The number of methoxy groups -OCH3 is 1. The van der Waals surface area contributed by atoms with E-state index in [1.165, 1.54) is 6.92 Å². The number of carbonyl (C=O) groups excluding carboxylic acids is 4. The highest BCUT2D eigenvalue weighted by atomic mass is 16.6. The van der Waals surface area contributed by atoms with Crippen LogP contribution in [0.25, 0.3) is 0 Å². The van der Waals surface area contributed by atoms with Gasteiger partial charge in [-0.25, -0.2) is 0 Å². The molecule has 204 valence electrons. The van der Waals surface area contributed by atoms with Crippen LogP contribution in [-0.2, 0) is 36.8 Å². The van der Waals surface area contributed by atoms with Gasteiger partial charge in [-0.05, 0) is 43.5 Å². The first-order valence-corrected chi connectivity index (χ1v) is 12.5. The van der Waals surface area contributed by atoms with E-state index in [9.17, 15) is 19.2 Å². The van der Waals surface area contributed by atoms with Gasteiger partial charge in [0.2, 0.25) is 17.7 Å². The smallest absolute Gasteiger partial charge is 0.243 e. The summed E-state index contributed by atoms with van der Waals surface area (Å²) >= 11 is 0. The fraction of sp³-hybridized carbons (Fsp3) is 0.429. The van der Waals surface area contributed by atoms with E-state index < -0.39 is 41.4 Å². The minimum absolute atomic E-state index is 0.138. The molecule has 0 spiro atoms. The summed E-state index contributed by atoms with van der Waals surface area (Å²) in [4.78, 5) is 51.5. The number of carbonyl (C=O) groups is 4. The van der Waals surface area contributed by atoms with Crippen molar-refractivity contribution in [3.8, 4) is 5.75 Å². The number of epoxide rings is 1. The van der Waals surface area contributed by atoms with E-state index in [1.807, 2.05) is 30.3 Å². The highest BCUT2D eigenvalue weighted by molar-refractivity contribution is 5.98. The minimum Gasteiger partial charge on any atom is -0.497 e. The summed E-state index contributed by atoms with van der Waals surface area (Å²) in [5.74, 6) is -1.20. The fourth-order valence-corrected chi connectivity index (χ4v) is 3.93. The highest BCUT2D eigenvalue weighted by Gasteiger charge is 2.50. The maximum absolute atomic E-state index is 13.5. The lowest BCUT2D eigenvalue weighted by Crippen LogP contribution is -2.57. The molecule has 1 saturated heterocycles. The molecule has 10 nitrogen and oxygen atoms in total. The van der Waals surface area contributed by atoms with Gasteiger partial charge in [0.15, 0.2) is 5.78 Å². The summed E-state index contributed by atoms with van der Waals surface area (Å²) < 4.78 is 10.5. The Bertz CT molecular complexity index is 1120. The number of ketones is 1. The molecule has 1 fully saturated rings. The molecule has 1 heterocycles. The Morgan fingerprint density at radius 2 is 1.50 bits per heavy atom. The van der Waals surface area contributed by atoms with Crippen LogP contribution in [0.2, 0.25) is 0 Å². The molecule has 4 unspecified atom stereocenters. The molecular formula is C28H35N3O7. The van der Waals surface area contributed by atoms with E-state index >= 15 is 0 Å². The zero-order valence-corrected chi connectivity index (χ0v) is 21.9. The number of nitrogens with one attached hydrogen (secondary N) is 3. The van der Waals surface area contributed by atoms with Crippen molar-refractivity contribution >= 4 is 23.5 Å². The second-order valence-corrected chi connectivity index (χ2v) is 9.51. The lowest BCUT2D eigenvalue weighted by Gasteiger charge is -2.25. The van der Waals surface area contributed by atoms with Crippen LogP contribution in [-0.4, -0.2) is 72.7 Å². The molecule has 4 N–H and O–H groups in total. The van der Waals surface area contributed by atoms with Gasteiger partial charge in [0.1, 0.15) is 23.4 Å². The first-order valence-electron chi connectivity index (χ1n) is 12.5. The van der Waals surface area contributed by atoms with E-state index in [0.717, 1.165) is 11.1 Å². The van der Waals surface area contributed by atoms with E-state index in [1.54, 1.807) is 38.3 Å². The third-order valence-corrected chi connectivity index (χ3v) is 6.36. The molecule has 0 radical (unpaired) electrons. The molecule has 4 atom stereocenters. The van der Waals surface area contributed by atoms with Gasteiger partial charge in [0.25, 0.3) is 0 Å². The molecule has 2 aromatic carbocycles. The topological polar surface area (TPSA) is 146 Å². The predicted octanol–water partition coefficient (Wildman–Crippen LogP) is 0.695. The summed E-state index contributed by atoms with van der Waals surface area (Å²) in [7, 11) is 1.55. The number of rotatable bonds is 14. The molecule has 0 aromatic heterocycles. The number of amides is 3. The summed E-state index contributed by atoms with van der Waals surface area (Å²) in [6, 6.07) is 13.5. The second kappa shape index (κ2) is 13.2. The van der Waals surface area contributed by atoms with Crippen molar-refractivity contribution in [3.05, 3.63) is 65.7 Å². The average Bonchev–Trinajstić information content (AvgIpc) is 3.66. The number of hydrogen-bond acceptors (Lipinski definition) is 7. The molecule has 0 bridgehead atoms. The van der Waals surface area contributed by atoms with Crippen molar-refractivity contribution in [1.82, 2.24) is 16.0 Å². The van der Waals surface area contributed by atoms with Crippen molar-refractivity contribution in [1.29, 1.82) is 0 Å². The third kappa shape index (κ3) is 8.12. The molecule has 38 heavy (non-hydrogen) atoms. The van der Waals surface area contributed by atoms with Crippen LogP contribution in [0, 0.1) is 0 Å². The number of Topliss-reactive ketones (excluding diaryl/α,β-unsaturated/α-hetero) is 1. The molecule has 0 saturated carbocycles. The maximum atomic E-state index is 13.5. The summed E-state index contributed by atoms with van der Waals surface area (Å²) in [5, 5.41) is 17.0. The Balaban J connectivity index is 1.79. The molecule has 0 aliphatic carbocycles. The standard InChI is InChI=1S/C28H35N3O7/c1-18(29-24(33)13-14-32)26(35)31-23(16-20-9-11-21(37-3)12-10-20)27(36)30-22(25(34)28(2)17-38-28)15-19-7-5-4-6-8-19/h4-12,18,22-23,32H,13-17H2,1-3H3,(H,29,33)(H,30,36)(H,31,35). The Labute approximate surface area is 222 Å². The average molecular weight is 526 g/mol. The number of ether oxygens (including phenoxy) is 2. The van der Waals surface area contributed by atoms with E-state index in [-0.39, 0.29) is 38.3 Å². The first-order chi connectivity index (χ1) is 18.1. The van der Waals surface area contributed by atoms with Crippen LogP contribution in [0.3, 0.4) is 0 Å². The Morgan fingerprint density at radius 1 is 0.921 bits per heavy atom. The van der Waals surface area contributed by atoms with E-state index in [2.05, 4.69) is 16.0 Å². The zero-order chi connectivity index (χ0) is 27.7. The second-order valence-electron chi connectivity index (χ2n) is 9.51. The molecule has 3 amide bonds. The van der Waals surface area contributed by atoms with Crippen LogP contribution in [0.15, 0.2) is 54.6 Å². The lowest BCUT2D eigenvalue weighted by atomic mass is 9.94. The van der Waals surface area contributed by atoms with Gasteiger partial charge in [-0.15, -0.1) is 0 Å². The molecule has 10 heteroatoms. The fourth-order valence-electron chi connectivity index (χ4n) is 3.93. The number of aliphatic hydroxyl groups is 1. The van der Waals surface area contributed by atoms with Crippen molar-refractivity contribution in [2.24, 2.45) is 0 Å². The Kier molecular flexibility index (Phi) is 9.98. The van der Waals surface area contributed by atoms with E-state index in [4.69, 9.17) is 14.6 Å². The zero-order valence-electron chi connectivity index (χ0n) is 21.9. The van der Waals surface area contributed by atoms with Gasteiger partial charge < -0.3 is 30.5 Å². The molecule has 2 aromatic rings. The Hall–Kier alpha value is -3.76. The number of aliphatic hydroxyl groups excluding tert-OH is 1. The largest absolute Gasteiger partial charge is 0.497 e. The van der Waals surface area contributed by atoms with Crippen LogP contribution in [0.5, 0.6) is 5.75 Å². The lowest BCUT2D eigenvalue weighted by molar-refractivity contribution is -0.134. The third-order valence-electron chi connectivity index (χ3n) is 6.36. The molecule has 1 aliphatic heterocycles. The SMILES string of the molecule is COc1ccc(CC(NC(=O)C(C)NC(=O)CCO)C(=O)NC(Cc2ccccc2)C(=O)C2(C)CO2)cc1. The minimum atomic E-state index is -1.04. The van der Waals surface area contributed by atoms with Crippen LogP contribution >= 0.6 is 0 Å². The summed E-state index contributed by atoms with van der Waals surface area (Å²) in [6.07, 6.45) is 0.261. The van der Waals surface area contributed by atoms with Gasteiger partial charge in [0, 0.05) is 12.8 Å². The normalized spacial score (nSPS) is 18.4. The van der Waals surface area contributed by atoms with Crippen LogP contribution in [0.4, 0.5) is 0 Å². The molecule has 1 aliphatic rings.